The Labute approximate surface area is 110 Å². The molecule has 1 unspecified atom stereocenters. The number of hydrogen-bond donors (Lipinski definition) is 3. The van der Waals surface area contributed by atoms with Gasteiger partial charge < -0.3 is 10.7 Å². The molecule has 0 aliphatic carbocycles. The number of nitrogens with one attached hydrogen (secondary N) is 2. The highest BCUT2D eigenvalue weighted by Gasteiger charge is 2.10. The van der Waals surface area contributed by atoms with Gasteiger partial charge in [-0.25, -0.2) is 15.8 Å². The number of nitrogens with zero attached hydrogens (tertiary/aromatic N) is 2. The first-order valence-corrected chi connectivity index (χ1v) is 6.66. The molecule has 102 valence electrons. The molecule has 0 radical (unpaired) electrons. The fourth-order valence-corrected chi connectivity index (χ4v) is 1.92. The van der Waals surface area contributed by atoms with E-state index in [0.29, 0.717) is 11.9 Å². The average Bonchev–Trinajstić information content (AvgIpc) is 2.33. The van der Waals surface area contributed by atoms with Crippen molar-refractivity contribution in [1.82, 2.24) is 9.97 Å². The molecular formula is C13H25N5. The van der Waals surface area contributed by atoms with Crippen molar-refractivity contribution in [3.63, 3.8) is 0 Å². The predicted octanol–water partition coefficient (Wildman–Crippen LogP) is 2.76. The van der Waals surface area contributed by atoms with E-state index in [-0.39, 0.29) is 0 Å². The van der Waals surface area contributed by atoms with E-state index in [4.69, 9.17) is 5.84 Å². The lowest BCUT2D eigenvalue weighted by atomic mass is 10.1. The second-order valence-corrected chi connectivity index (χ2v) is 4.78. The van der Waals surface area contributed by atoms with Gasteiger partial charge in [0, 0.05) is 11.6 Å². The molecule has 18 heavy (non-hydrogen) atoms. The van der Waals surface area contributed by atoms with E-state index in [1.807, 2.05) is 13.8 Å². The lowest BCUT2D eigenvalue weighted by Crippen LogP contribution is -2.19. The van der Waals surface area contributed by atoms with E-state index in [9.17, 15) is 0 Å². The van der Waals surface area contributed by atoms with Crippen LogP contribution in [-0.2, 0) is 0 Å². The molecule has 0 saturated carbocycles. The van der Waals surface area contributed by atoms with Crippen LogP contribution in [0.5, 0.6) is 0 Å². The molecule has 0 spiro atoms. The zero-order chi connectivity index (χ0) is 13.5. The van der Waals surface area contributed by atoms with Crippen molar-refractivity contribution < 1.29 is 0 Å². The van der Waals surface area contributed by atoms with Crippen molar-refractivity contribution in [3.8, 4) is 0 Å². The van der Waals surface area contributed by atoms with Crippen molar-refractivity contribution in [1.29, 1.82) is 0 Å². The topological polar surface area (TPSA) is 75.9 Å². The van der Waals surface area contributed by atoms with E-state index >= 15 is 0 Å². The number of aromatic nitrogens is 2. The Morgan fingerprint density at radius 1 is 1.17 bits per heavy atom. The molecule has 0 aliphatic heterocycles. The van der Waals surface area contributed by atoms with Gasteiger partial charge in [0.2, 0.25) is 0 Å². The van der Waals surface area contributed by atoms with Gasteiger partial charge in [-0.2, -0.15) is 0 Å². The van der Waals surface area contributed by atoms with Crippen LogP contribution in [-0.4, -0.2) is 16.0 Å². The first-order chi connectivity index (χ1) is 8.58. The third kappa shape index (κ3) is 4.14. The van der Waals surface area contributed by atoms with E-state index in [2.05, 4.69) is 34.6 Å². The second kappa shape index (κ2) is 7.16. The SMILES string of the molecule is CCCCCC(C)Nc1nc(C)nc(NN)c1C. The maximum Gasteiger partial charge on any atom is 0.148 e. The normalized spacial score (nSPS) is 12.3. The fourth-order valence-electron chi connectivity index (χ4n) is 1.92. The summed E-state index contributed by atoms with van der Waals surface area (Å²) < 4.78 is 0. The minimum Gasteiger partial charge on any atom is -0.367 e. The quantitative estimate of drug-likeness (QED) is 0.394. The number of aryl methyl sites for hydroxylation is 1. The maximum atomic E-state index is 5.45. The van der Waals surface area contributed by atoms with Crippen LogP contribution in [0.3, 0.4) is 0 Å². The Morgan fingerprint density at radius 3 is 2.44 bits per heavy atom. The minimum atomic E-state index is 0.412. The molecule has 4 N–H and O–H groups in total. The summed E-state index contributed by atoms with van der Waals surface area (Å²) in [6.07, 6.45) is 4.93. The first-order valence-electron chi connectivity index (χ1n) is 6.66. The van der Waals surface area contributed by atoms with Gasteiger partial charge in [0.15, 0.2) is 0 Å². The molecule has 1 atom stereocenters. The molecule has 0 fully saturated rings. The average molecular weight is 251 g/mol. The molecule has 0 amide bonds. The van der Waals surface area contributed by atoms with E-state index in [0.717, 1.165) is 23.6 Å². The molecule has 1 aromatic rings. The number of hydrogen-bond acceptors (Lipinski definition) is 5. The van der Waals surface area contributed by atoms with Crippen molar-refractivity contribution >= 4 is 11.6 Å². The Bertz CT molecular complexity index is 378. The highest BCUT2D eigenvalue weighted by molar-refractivity contribution is 5.56. The van der Waals surface area contributed by atoms with Crippen molar-refractivity contribution in [2.45, 2.75) is 59.4 Å². The van der Waals surface area contributed by atoms with Crippen LogP contribution in [0.4, 0.5) is 11.6 Å². The van der Waals surface area contributed by atoms with Gasteiger partial charge in [0.1, 0.15) is 17.5 Å². The molecule has 5 heteroatoms. The van der Waals surface area contributed by atoms with Crippen LogP contribution in [0, 0.1) is 13.8 Å². The van der Waals surface area contributed by atoms with Crippen LogP contribution in [0.2, 0.25) is 0 Å². The van der Waals surface area contributed by atoms with Crippen LogP contribution in [0.15, 0.2) is 0 Å². The lowest BCUT2D eigenvalue weighted by Gasteiger charge is -2.17. The molecule has 0 saturated heterocycles. The molecule has 1 rings (SSSR count). The third-order valence-corrected chi connectivity index (χ3v) is 3.02. The number of nitrogens with two attached hydrogens (primary N) is 1. The predicted molar refractivity (Wildman–Crippen MR) is 76.5 cm³/mol. The van der Waals surface area contributed by atoms with Crippen LogP contribution in [0.1, 0.15) is 50.9 Å². The van der Waals surface area contributed by atoms with Gasteiger partial charge in [-0.05, 0) is 27.2 Å². The molecule has 0 aromatic carbocycles. The zero-order valence-corrected chi connectivity index (χ0v) is 11.9. The Balaban J connectivity index is 2.68. The number of nitrogen functional groups attached to an aromatic ring is 1. The third-order valence-electron chi connectivity index (χ3n) is 3.02. The summed E-state index contributed by atoms with van der Waals surface area (Å²) in [5.41, 5.74) is 3.57. The fraction of sp³-hybridized carbons (Fsp3) is 0.692. The van der Waals surface area contributed by atoms with Crippen LogP contribution in [0.25, 0.3) is 0 Å². The van der Waals surface area contributed by atoms with Gasteiger partial charge >= 0.3 is 0 Å². The second-order valence-electron chi connectivity index (χ2n) is 4.78. The lowest BCUT2D eigenvalue weighted by molar-refractivity contribution is 0.613. The summed E-state index contributed by atoms with van der Waals surface area (Å²) in [7, 11) is 0. The van der Waals surface area contributed by atoms with E-state index in [1.165, 1.54) is 19.3 Å². The van der Waals surface area contributed by atoms with Gasteiger partial charge in [0.05, 0.1) is 0 Å². The standard InChI is InChI=1S/C13H25N5/c1-5-6-7-8-9(2)15-12-10(3)13(18-14)17-11(4)16-12/h9H,5-8,14H2,1-4H3,(H2,15,16,17,18). The van der Waals surface area contributed by atoms with Gasteiger partial charge in [-0.15, -0.1) is 0 Å². The number of rotatable bonds is 7. The molecule has 0 bridgehead atoms. The summed E-state index contributed by atoms with van der Waals surface area (Å²) >= 11 is 0. The van der Waals surface area contributed by atoms with Crippen molar-refractivity contribution in [2.75, 3.05) is 10.7 Å². The monoisotopic (exact) mass is 251 g/mol. The summed E-state index contributed by atoms with van der Waals surface area (Å²) in [4.78, 5) is 8.68. The van der Waals surface area contributed by atoms with Gasteiger partial charge in [-0.1, -0.05) is 26.2 Å². The maximum absolute atomic E-state index is 5.45. The summed E-state index contributed by atoms with van der Waals surface area (Å²) in [6.45, 7) is 8.24. The molecule has 1 aromatic heterocycles. The molecule has 0 aliphatic rings. The summed E-state index contributed by atoms with van der Waals surface area (Å²) in [6, 6.07) is 0.412. The minimum absolute atomic E-state index is 0.412. The van der Waals surface area contributed by atoms with Gasteiger partial charge in [0.25, 0.3) is 0 Å². The Hall–Kier alpha value is -1.36. The zero-order valence-electron chi connectivity index (χ0n) is 11.9. The number of anilines is 2. The van der Waals surface area contributed by atoms with E-state index in [1.54, 1.807) is 0 Å². The Kier molecular flexibility index (Phi) is 5.85. The number of unbranched alkanes of at least 4 members (excludes halogenated alkanes) is 2. The van der Waals surface area contributed by atoms with E-state index < -0.39 is 0 Å². The highest BCUT2D eigenvalue weighted by Crippen LogP contribution is 2.20. The van der Waals surface area contributed by atoms with Crippen molar-refractivity contribution in [2.24, 2.45) is 5.84 Å². The molecular weight excluding hydrogens is 226 g/mol. The summed E-state index contributed by atoms with van der Waals surface area (Å²) in [5.74, 6) is 7.73. The highest BCUT2D eigenvalue weighted by atomic mass is 15.3. The van der Waals surface area contributed by atoms with Crippen molar-refractivity contribution in [3.05, 3.63) is 11.4 Å². The number of hydrazine groups is 1. The molecule has 1 heterocycles. The first kappa shape index (κ1) is 14.7. The van der Waals surface area contributed by atoms with Gasteiger partial charge in [-0.3, -0.25) is 0 Å². The van der Waals surface area contributed by atoms with Crippen LogP contribution >= 0.6 is 0 Å². The molecule has 5 nitrogen and oxygen atoms in total. The smallest absolute Gasteiger partial charge is 0.148 e. The summed E-state index contributed by atoms with van der Waals surface area (Å²) in [5, 5.41) is 3.44. The Morgan fingerprint density at radius 2 is 1.83 bits per heavy atom. The largest absolute Gasteiger partial charge is 0.367 e. The van der Waals surface area contributed by atoms with Crippen LogP contribution < -0.4 is 16.6 Å².